The minimum atomic E-state index is -0.316. The van der Waals surface area contributed by atoms with E-state index in [1.165, 1.54) is 11.3 Å². The van der Waals surface area contributed by atoms with Crippen molar-refractivity contribution >= 4 is 12.0 Å². The number of aliphatic hydroxyl groups is 1. The normalized spacial score (nSPS) is 20.4. The molecule has 2 aliphatic rings. The fourth-order valence-electron chi connectivity index (χ4n) is 4.89. The smallest absolute Gasteiger partial charge is 0.246 e. The van der Waals surface area contributed by atoms with Gasteiger partial charge in [0.25, 0.3) is 0 Å². The summed E-state index contributed by atoms with van der Waals surface area (Å²) in [6, 6.07) is 10.2. The van der Waals surface area contributed by atoms with Gasteiger partial charge >= 0.3 is 0 Å². The van der Waals surface area contributed by atoms with Gasteiger partial charge in [0.05, 0.1) is 6.10 Å². The van der Waals surface area contributed by atoms with Crippen molar-refractivity contribution in [2.75, 3.05) is 32.7 Å². The Labute approximate surface area is 184 Å². The van der Waals surface area contributed by atoms with Crippen LogP contribution in [-0.4, -0.2) is 69.8 Å². The number of rotatable bonds is 6. The van der Waals surface area contributed by atoms with Gasteiger partial charge < -0.3 is 14.9 Å². The number of benzene rings is 1. The summed E-state index contributed by atoms with van der Waals surface area (Å²) in [4.78, 5) is 16.8. The van der Waals surface area contributed by atoms with E-state index in [2.05, 4.69) is 40.2 Å². The first-order chi connectivity index (χ1) is 15.1. The predicted molar refractivity (Wildman–Crippen MR) is 123 cm³/mol. The van der Waals surface area contributed by atoms with Crippen molar-refractivity contribution in [3.8, 4) is 0 Å². The van der Waals surface area contributed by atoms with Gasteiger partial charge in [-0.25, -0.2) is 0 Å². The summed E-state index contributed by atoms with van der Waals surface area (Å²) >= 11 is 0. The predicted octanol–water partition coefficient (Wildman–Crippen LogP) is 3.21. The molecule has 6 heteroatoms. The van der Waals surface area contributed by atoms with E-state index in [0.717, 1.165) is 64.0 Å². The van der Waals surface area contributed by atoms with E-state index in [0.29, 0.717) is 5.92 Å². The van der Waals surface area contributed by atoms with Crippen molar-refractivity contribution in [3.63, 3.8) is 0 Å². The Hall–Kier alpha value is -2.44. The highest BCUT2D eigenvalue weighted by molar-refractivity contribution is 5.91. The standard InChI is InChI=1S/C25H34N4O2/c1-19-3-2-4-20(17-19)5-6-25(31)29-15-10-22(11-16-29)24(30)18-28-13-8-21(9-14-28)23-7-12-26-27-23/h2-7,12,17,21-22,24,30H,8-11,13-16,18H2,1H3,(H,26,27)/b6-5+. The molecule has 6 nitrogen and oxygen atoms in total. The summed E-state index contributed by atoms with van der Waals surface area (Å²) in [6.07, 6.45) is 9.03. The first-order valence-electron chi connectivity index (χ1n) is 11.5. The number of aliphatic hydroxyl groups excluding tert-OH is 1. The number of hydrogen-bond donors (Lipinski definition) is 2. The van der Waals surface area contributed by atoms with Gasteiger partial charge in [-0.15, -0.1) is 0 Å². The van der Waals surface area contributed by atoms with Gasteiger partial charge in [-0.1, -0.05) is 29.8 Å². The van der Waals surface area contributed by atoms with E-state index >= 15 is 0 Å². The molecule has 2 fully saturated rings. The maximum Gasteiger partial charge on any atom is 0.246 e. The molecule has 0 bridgehead atoms. The highest BCUT2D eigenvalue weighted by Crippen LogP contribution is 2.28. The molecule has 0 radical (unpaired) electrons. The number of nitrogens with one attached hydrogen (secondary N) is 1. The van der Waals surface area contributed by atoms with Crippen molar-refractivity contribution in [2.45, 2.75) is 44.6 Å². The summed E-state index contributed by atoms with van der Waals surface area (Å²) < 4.78 is 0. The lowest BCUT2D eigenvalue weighted by Crippen LogP contribution is -2.45. The first-order valence-corrected chi connectivity index (χ1v) is 11.5. The molecule has 31 heavy (non-hydrogen) atoms. The largest absolute Gasteiger partial charge is 0.392 e. The minimum absolute atomic E-state index is 0.0651. The molecule has 4 rings (SSSR count). The SMILES string of the molecule is Cc1cccc(/C=C/C(=O)N2CCC(C(O)CN3CCC(c4ccn[nH]4)CC3)CC2)c1. The lowest BCUT2D eigenvalue weighted by Gasteiger charge is -2.37. The molecular weight excluding hydrogens is 388 g/mol. The number of nitrogens with zero attached hydrogens (tertiary/aromatic N) is 3. The average Bonchev–Trinajstić information content (AvgIpc) is 3.33. The van der Waals surface area contributed by atoms with E-state index < -0.39 is 0 Å². The molecule has 3 heterocycles. The quantitative estimate of drug-likeness (QED) is 0.701. The Kier molecular flexibility index (Phi) is 7.20. The molecule has 2 aromatic rings. The second-order valence-corrected chi connectivity index (χ2v) is 9.06. The number of amides is 1. The molecule has 1 atom stereocenters. The molecule has 0 saturated carbocycles. The Morgan fingerprint density at radius 2 is 1.97 bits per heavy atom. The van der Waals surface area contributed by atoms with Crippen molar-refractivity contribution in [1.82, 2.24) is 20.0 Å². The van der Waals surface area contributed by atoms with Crippen LogP contribution in [0.4, 0.5) is 0 Å². The number of likely N-dealkylation sites (tertiary alicyclic amines) is 2. The van der Waals surface area contributed by atoms with E-state index in [1.807, 2.05) is 29.3 Å². The van der Waals surface area contributed by atoms with Crippen molar-refractivity contribution in [1.29, 1.82) is 0 Å². The van der Waals surface area contributed by atoms with Gasteiger partial charge in [-0.05, 0) is 69.3 Å². The van der Waals surface area contributed by atoms with Crippen LogP contribution in [0.15, 0.2) is 42.6 Å². The van der Waals surface area contributed by atoms with Crippen LogP contribution < -0.4 is 0 Å². The lowest BCUT2D eigenvalue weighted by atomic mass is 9.89. The van der Waals surface area contributed by atoms with E-state index in [4.69, 9.17) is 0 Å². The number of H-pyrrole nitrogens is 1. The number of β-amino-alcohol motifs (C(OH)–C–C–N with tert-alkyl or cyclic N) is 1. The van der Waals surface area contributed by atoms with Crippen LogP contribution in [0.2, 0.25) is 0 Å². The van der Waals surface area contributed by atoms with Crippen molar-refractivity contribution in [3.05, 3.63) is 59.4 Å². The summed E-state index contributed by atoms with van der Waals surface area (Å²) in [7, 11) is 0. The number of carbonyl (C=O) groups is 1. The molecule has 2 N–H and O–H groups in total. The summed E-state index contributed by atoms with van der Waals surface area (Å²) in [5, 5.41) is 18.0. The number of aromatic nitrogens is 2. The van der Waals surface area contributed by atoms with Crippen molar-refractivity contribution in [2.24, 2.45) is 5.92 Å². The van der Waals surface area contributed by atoms with Gasteiger partial charge in [0.15, 0.2) is 0 Å². The molecule has 1 aromatic heterocycles. The Morgan fingerprint density at radius 1 is 1.19 bits per heavy atom. The van der Waals surface area contributed by atoms with Gasteiger partial charge in [0, 0.05) is 43.5 Å². The highest BCUT2D eigenvalue weighted by Gasteiger charge is 2.29. The third-order valence-electron chi connectivity index (χ3n) is 6.85. The molecule has 2 aliphatic heterocycles. The number of hydrogen-bond acceptors (Lipinski definition) is 4. The summed E-state index contributed by atoms with van der Waals surface area (Å²) in [6.45, 7) is 6.27. The Bertz CT molecular complexity index is 863. The Balaban J connectivity index is 1.19. The molecule has 1 aromatic carbocycles. The van der Waals surface area contributed by atoms with Crippen molar-refractivity contribution < 1.29 is 9.90 Å². The zero-order valence-electron chi connectivity index (χ0n) is 18.4. The third kappa shape index (κ3) is 5.83. The number of aromatic amines is 1. The molecule has 0 spiro atoms. The lowest BCUT2D eigenvalue weighted by molar-refractivity contribution is -0.128. The van der Waals surface area contributed by atoms with E-state index in [1.54, 1.807) is 6.08 Å². The van der Waals surface area contributed by atoms with Gasteiger partial charge in [-0.2, -0.15) is 5.10 Å². The third-order valence-corrected chi connectivity index (χ3v) is 6.85. The molecule has 1 unspecified atom stereocenters. The van der Waals surface area contributed by atoms with Crippen LogP contribution in [0.25, 0.3) is 6.08 Å². The van der Waals surface area contributed by atoms with Crippen LogP contribution >= 0.6 is 0 Å². The Morgan fingerprint density at radius 3 is 2.65 bits per heavy atom. The second-order valence-electron chi connectivity index (χ2n) is 9.06. The summed E-state index contributed by atoms with van der Waals surface area (Å²) in [5.74, 6) is 0.892. The minimum Gasteiger partial charge on any atom is -0.392 e. The van der Waals surface area contributed by atoms with Crippen LogP contribution in [0.5, 0.6) is 0 Å². The fraction of sp³-hybridized carbons (Fsp3) is 0.520. The van der Waals surface area contributed by atoms with Gasteiger partial charge in [-0.3, -0.25) is 9.89 Å². The number of piperidine rings is 2. The second kappa shape index (κ2) is 10.2. The average molecular weight is 423 g/mol. The number of aryl methyl sites for hydroxylation is 1. The van der Waals surface area contributed by atoms with Crippen LogP contribution in [0, 0.1) is 12.8 Å². The zero-order valence-corrected chi connectivity index (χ0v) is 18.4. The van der Waals surface area contributed by atoms with Gasteiger partial charge in [0.1, 0.15) is 0 Å². The molecule has 0 aliphatic carbocycles. The van der Waals surface area contributed by atoms with Crippen LogP contribution in [0.1, 0.15) is 48.4 Å². The first kappa shape index (κ1) is 21.8. The monoisotopic (exact) mass is 422 g/mol. The topological polar surface area (TPSA) is 72.5 Å². The zero-order chi connectivity index (χ0) is 21.6. The molecular formula is C25H34N4O2. The molecule has 2 saturated heterocycles. The van der Waals surface area contributed by atoms with Crippen LogP contribution in [0.3, 0.4) is 0 Å². The number of carbonyl (C=O) groups excluding carboxylic acids is 1. The van der Waals surface area contributed by atoms with Gasteiger partial charge in [0.2, 0.25) is 5.91 Å². The highest BCUT2D eigenvalue weighted by atomic mass is 16.3. The molecule has 166 valence electrons. The van der Waals surface area contributed by atoms with Crippen LogP contribution in [-0.2, 0) is 4.79 Å². The fourth-order valence-corrected chi connectivity index (χ4v) is 4.89. The summed E-state index contributed by atoms with van der Waals surface area (Å²) in [5.41, 5.74) is 3.47. The van der Waals surface area contributed by atoms with E-state index in [-0.39, 0.29) is 17.9 Å². The maximum absolute atomic E-state index is 12.5. The molecule has 1 amide bonds. The van der Waals surface area contributed by atoms with E-state index in [9.17, 15) is 9.90 Å². The maximum atomic E-state index is 12.5.